The van der Waals surface area contributed by atoms with E-state index in [1.165, 1.54) is 114 Å². The number of anilines is 1. The van der Waals surface area contributed by atoms with E-state index >= 15 is 0 Å². The van der Waals surface area contributed by atoms with Gasteiger partial charge in [0.2, 0.25) is 0 Å². The van der Waals surface area contributed by atoms with E-state index in [1.807, 2.05) is 12.1 Å². The van der Waals surface area contributed by atoms with Crippen molar-refractivity contribution in [2.75, 3.05) is 18.2 Å². The molecule has 1 heterocycles. The van der Waals surface area contributed by atoms with E-state index < -0.39 is 22.0 Å². The molecule has 0 aliphatic carbocycles. The molecule has 0 aromatic heterocycles. The Labute approximate surface area is 344 Å². The Bertz CT molecular complexity index is 1640. The second kappa shape index (κ2) is 26.5. The van der Waals surface area contributed by atoms with Crippen LogP contribution in [0.5, 0.6) is 11.5 Å². The number of carbonyl (C=O) groups excluding carboxylic acids is 2. The fourth-order valence-electron chi connectivity index (χ4n) is 6.84. The van der Waals surface area contributed by atoms with Crippen LogP contribution in [0.25, 0.3) is 0 Å². The number of hydrazone groups is 1. The summed E-state index contributed by atoms with van der Waals surface area (Å²) in [5.74, 6) is 0.253. The number of nitro benzene ring substituents is 1. The van der Waals surface area contributed by atoms with Gasteiger partial charge in [0.15, 0.2) is 11.1 Å². The molecule has 1 unspecified atom stereocenters. The van der Waals surface area contributed by atoms with E-state index in [1.54, 1.807) is 54.6 Å². The fourth-order valence-corrected chi connectivity index (χ4v) is 7.93. The molecule has 0 saturated heterocycles. The van der Waals surface area contributed by atoms with E-state index in [2.05, 4.69) is 24.3 Å². The molecule has 1 aliphatic rings. The smallest absolute Gasteiger partial charge is 0.282 e. The van der Waals surface area contributed by atoms with Crippen molar-refractivity contribution >= 4 is 40.8 Å². The van der Waals surface area contributed by atoms with E-state index in [-0.39, 0.29) is 11.5 Å². The lowest BCUT2D eigenvalue weighted by molar-refractivity contribution is -0.387. The quantitative estimate of drug-likeness (QED) is 0.0421. The Balaban J connectivity index is 1.42. The van der Waals surface area contributed by atoms with Crippen LogP contribution in [0.4, 0.5) is 11.4 Å². The van der Waals surface area contributed by atoms with Crippen molar-refractivity contribution in [3.63, 3.8) is 0 Å². The molecule has 0 radical (unpaired) electrons. The molecular weight excluding hydrogens is 737 g/mol. The van der Waals surface area contributed by atoms with Gasteiger partial charge in [-0.3, -0.25) is 19.7 Å². The number of carbonyl (C=O) groups is 2. The van der Waals surface area contributed by atoms with Gasteiger partial charge < -0.3 is 14.8 Å². The second-order valence-electron chi connectivity index (χ2n) is 14.9. The molecule has 1 aliphatic heterocycles. The first-order valence-electron chi connectivity index (χ1n) is 21.5. The van der Waals surface area contributed by atoms with Gasteiger partial charge in [0.1, 0.15) is 11.5 Å². The van der Waals surface area contributed by atoms with E-state index in [9.17, 15) is 19.7 Å². The molecule has 3 aromatic rings. The lowest BCUT2D eigenvalue weighted by Gasteiger charge is -2.15. The zero-order chi connectivity index (χ0) is 40.5. The van der Waals surface area contributed by atoms with E-state index in [4.69, 9.17) is 9.47 Å². The molecule has 3 aromatic carbocycles. The molecule has 10 nitrogen and oxygen atoms in total. The summed E-state index contributed by atoms with van der Waals surface area (Å²) in [6.07, 6.45) is 24.5. The molecule has 2 amide bonds. The van der Waals surface area contributed by atoms with Crippen molar-refractivity contribution in [2.45, 2.75) is 152 Å². The number of hydrogen-bond acceptors (Lipinski definition) is 8. The topological polar surface area (TPSA) is 123 Å². The SMILES string of the molecule is CCCCCCCCCCCCOc1cc(OCCCCCCCCCCCC)cc(C(=O)NC2=NN(c3ccccc3)C(=O)C2Sc2ccccc2[N+](=O)[O-])c1. The predicted molar refractivity (Wildman–Crippen MR) is 233 cm³/mol. The van der Waals surface area contributed by atoms with Crippen LogP contribution in [-0.2, 0) is 4.79 Å². The number of ether oxygens (including phenoxy) is 2. The lowest BCUT2D eigenvalue weighted by Crippen LogP contribution is -2.38. The molecular formula is C46H64N4O6S. The molecule has 0 fully saturated rings. The third-order valence-corrected chi connectivity index (χ3v) is 11.4. The van der Waals surface area contributed by atoms with Crippen molar-refractivity contribution in [3.05, 3.63) is 88.5 Å². The first-order chi connectivity index (χ1) is 27.9. The number of nitrogens with one attached hydrogen (secondary N) is 1. The average Bonchev–Trinajstić information content (AvgIpc) is 3.52. The maximum Gasteiger partial charge on any atom is 0.282 e. The Morgan fingerprint density at radius 1 is 0.702 bits per heavy atom. The molecule has 0 spiro atoms. The monoisotopic (exact) mass is 800 g/mol. The summed E-state index contributed by atoms with van der Waals surface area (Å²) in [7, 11) is 0. The van der Waals surface area contributed by atoms with Crippen molar-refractivity contribution < 1.29 is 24.0 Å². The third kappa shape index (κ3) is 16.2. The van der Waals surface area contributed by atoms with Crippen LogP contribution in [0, 0.1) is 10.1 Å². The van der Waals surface area contributed by atoms with Crippen molar-refractivity contribution in [3.8, 4) is 11.5 Å². The molecule has 4 rings (SSSR count). The van der Waals surface area contributed by atoms with Crippen molar-refractivity contribution in [2.24, 2.45) is 5.10 Å². The van der Waals surface area contributed by atoms with Gasteiger partial charge in [0.25, 0.3) is 17.5 Å². The summed E-state index contributed by atoms with van der Waals surface area (Å²) < 4.78 is 12.4. The van der Waals surface area contributed by atoms with Gasteiger partial charge in [-0.15, -0.1) is 5.10 Å². The van der Waals surface area contributed by atoms with E-state index in [0.717, 1.165) is 37.4 Å². The summed E-state index contributed by atoms with van der Waals surface area (Å²) in [5, 5.41) is 19.4. The molecule has 57 heavy (non-hydrogen) atoms. The van der Waals surface area contributed by atoms with Crippen molar-refractivity contribution in [1.82, 2.24) is 5.32 Å². The van der Waals surface area contributed by atoms with Gasteiger partial charge in [-0.05, 0) is 43.2 Å². The summed E-state index contributed by atoms with van der Waals surface area (Å²) in [5.41, 5.74) is 0.692. The standard InChI is InChI=1S/C46H64N4O6S/c1-3-5-7-9-11-13-15-17-19-26-32-55-39-34-37(35-40(36-39)56-33-27-20-18-16-14-12-10-8-6-4-2)45(51)47-44-43(57-42-31-25-24-30-41(42)50(53)54)46(52)49(48-44)38-28-22-21-23-29-38/h21-25,28-31,34-36,43H,3-20,26-27,32-33H2,1-2H3,(H,47,48,51). The molecule has 11 heteroatoms. The number of nitrogens with zero attached hydrogens (tertiary/aromatic N) is 3. The highest BCUT2D eigenvalue weighted by atomic mass is 32.2. The summed E-state index contributed by atoms with van der Waals surface area (Å²) >= 11 is 0.986. The highest BCUT2D eigenvalue weighted by Gasteiger charge is 2.40. The summed E-state index contributed by atoms with van der Waals surface area (Å²) in [6, 6.07) is 20.4. The van der Waals surface area contributed by atoms with Crippen LogP contribution in [0.3, 0.4) is 0 Å². The predicted octanol–water partition coefficient (Wildman–Crippen LogP) is 12.4. The van der Waals surface area contributed by atoms with Crippen LogP contribution in [-0.4, -0.2) is 41.0 Å². The number of amidine groups is 1. The Morgan fingerprint density at radius 3 is 1.68 bits per heavy atom. The van der Waals surface area contributed by atoms with Gasteiger partial charge in [0.05, 0.1) is 28.7 Å². The largest absolute Gasteiger partial charge is 0.493 e. The van der Waals surface area contributed by atoms with Crippen LogP contribution in [0.1, 0.15) is 153 Å². The Hall–Kier alpha value is -4.38. The van der Waals surface area contributed by atoms with Crippen molar-refractivity contribution in [1.29, 1.82) is 0 Å². The van der Waals surface area contributed by atoms with Gasteiger partial charge in [-0.2, -0.15) is 5.01 Å². The number of rotatable bonds is 29. The average molecular weight is 801 g/mol. The number of nitro groups is 1. The number of benzene rings is 3. The van der Waals surface area contributed by atoms with E-state index in [0.29, 0.717) is 40.9 Å². The zero-order valence-electron chi connectivity index (χ0n) is 34.3. The first kappa shape index (κ1) is 45.3. The maximum atomic E-state index is 14.0. The van der Waals surface area contributed by atoms with Crippen LogP contribution in [0.2, 0.25) is 0 Å². The van der Waals surface area contributed by atoms with Gasteiger partial charge in [-0.1, -0.05) is 172 Å². The van der Waals surface area contributed by atoms with Crippen LogP contribution >= 0.6 is 11.8 Å². The first-order valence-corrected chi connectivity index (χ1v) is 22.4. The molecule has 310 valence electrons. The number of thioether (sulfide) groups is 1. The molecule has 1 N–H and O–H groups in total. The maximum absolute atomic E-state index is 14.0. The van der Waals surface area contributed by atoms with Crippen LogP contribution in [0.15, 0.2) is 82.8 Å². The normalized spacial score (nSPS) is 13.8. The number of unbranched alkanes of at least 4 members (excludes halogenated alkanes) is 18. The van der Waals surface area contributed by atoms with Crippen LogP contribution < -0.4 is 19.8 Å². The second-order valence-corrected chi connectivity index (χ2v) is 16.0. The Morgan fingerprint density at radius 2 is 1.18 bits per heavy atom. The third-order valence-electron chi connectivity index (χ3n) is 10.1. The molecule has 0 bridgehead atoms. The molecule has 0 saturated carbocycles. The number of amides is 2. The fraction of sp³-hybridized carbons (Fsp3) is 0.543. The highest BCUT2D eigenvalue weighted by molar-refractivity contribution is 8.01. The zero-order valence-corrected chi connectivity index (χ0v) is 35.1. The molecule has 1 atom stereocenters. The lowest BCUT2D eigenvalue weighted by atomic mass is 10.1. The highest BCUT2D eigenvalue weighted by Crippen LogP contribution is 2.36. The number of para-hydroxylation sites is 2. The Kier molecular flexibility index (Phi) is 21.1. The summed E-state index contributed by atoms with van der Waals surface area (Å²) in [4.78, 5) is 39.5. The summed E-state index contributed by atoms with van der Waals surface area (Å²) in [6.45, 7) is 5.55. The van der Waals surface area contributed by atoms with Gasteiger partial charge >= 0.3 is 0 Å². The number of hydrogen-bond donors (Lipinski definition) is 1. The minimum atomic E-state index is -1.03. The minimum Gasteiger partial charge on any atom is -0.493 e. The van der Waals surface area contributed by atoms with Gasteiger partial charge in [-0.25, -0.2) is 0 Å². The minimum absolute atomic E-state index is 0.0847. The van der Waals surface area contributed by atoms with Gasteiger partial charge in [0, 0.05) is 17.7 Å².